The van der Waals surface area contributed by atoms with Gasteiger partial charge in [-0.05, 0) is 79.7 Å². The van der Waals surface area contributed by atoms with Gasteiger partial charge in [-0.3, -0.25) is 0 Å². The molecule has 210 valence electrons. The smallest absolute Gasteiger partial charge is 0.00724 e. The van der Waals surface area contributed by atoms with Gasteiger partial charge in [-0.1, -0.05) is 134 Å². The van der Waals surface area contributed by atoms with Crippen LogP contribution in [0.25, 0.3) is 0 Å². The van der Waals surface area contributed by atoms with E-state index in [2.05, 4.69) is 91.6 Å². The number of hydrogen-bond donors (Lipinski definition) is 0. The lowest BCUT2D eigenvalue weighted by Gasteiger charge is -2.03. The number of hydrogen-bond acceptors (Lipinski definition) is 0. The molecule has 35 heavy (non-hydrogen) atoms. The Morgan fingerprint density at radius 1 is 0.800 bits per heavy atom. The van der Waals surface area contributed by atoms with Gasteiger partial charge in [-0.2, -0.15) is 0 Å². The molecular weight excluding hydrogens is 420 g/mol. The van der Waals surface area contributed by atoms with Crippen molar-refractivity contribution in [1.29, 1.82) is 0 Å². The molecule has 1 atom stereocenters. The second kappa shape index (κ2) is 39.4. The fourth-order valence-corrected chi connectivity index (χ4v) is 2.47. The third-order valence-corrected chi connectivity index (χ3v) is 3.32. The van der Waals surface area contributed by atoms with Crippen LogP contribution in [-0.2, 0) is 6.42 Å². The van der Waals surface area contributed by atoms with Gasteiger partial charge in [0, 0.05) is 0 Å². The van der Waals surface area contributed by atoms with Crippen LogP contribution in [0.3, 0.4) is 0 Å². The Morgan fingerprint density at radius 3 is 1.40 bits per heavy atom. The standard InChI is InChI=1S/C12H16.C9H18.2C4H8.2C2H6.2CH4/c1-9(2)5-12-7-10(3)6-11(4)8-12;1-4-6-8-9(3)7-5-2;2*1-4(2)3;2*1-2;;/h6-8H,1,5H2,2-4H3;5,7,9H,4,6,8H2,1-3H3;2*1H2,2-3H3;2*1-2H3;2*1H4/b;7-5-;;;;;;. The van der Waals surface area contributed by atoms with Crippen LogP contribution in [0.2, 0.25) is 0 Å². The molecule has 0 radical (unpaired) electrons. The van der Waals surface area contributed by atoms with Crippen molar-refractivity contribution in [3.8, 4) is 0 Å². The van der Waals surface area contributed by atoms with E-state index in [-0.39, 0.29) is 14.9 Å². The van der Waals surface area contributed by atoms with E-state index in [4.69, 9.17) is 0 Å². The van der Waals surface area contributed by atoms with Crippen molar-refractivity contribution < 1.29 is 0 Å². The monoisotopic (exact) mass is 491 g/mol. The molecule has 0 fully saturated rings. The van der Waals surface area contributed by atoms with Gasteiger partial charge >= 0.3 is 0 Å². The molecule has 1 unspecified atom stereocenters. The van der Waals surface area contributed by atoms with Gasteiger partial charge in [-0.15, -0.1) is 13.2 Å². The Bertz CT molecular complexity index is 558. The Hall–Kier alpha value is -1.82. The predicted molar refractivity (Wildman–Crippen MR) is 175 cm³/mol. The fraction of sp³-hybridized carbons (Fsp3) is 0.600. The highest BCUT2D eigenvalue weighted by Gasteiger charge is 1.95. The van der Waals surface area contributed by atoms with Crippen LogP contribution in [0.5, 0.6) is 0 Å². The molecule has 0 aromatic heterocycles. The summed E-state index contributed by atoms with van der Waals surface area (Å²) in [6.07, 6.45) is 9.45. The van der Waals surface area contributed by atoms with Crippen LogP contribution in [-0.4, -0.2) is 0 Å². The number of unbranched alkanes of at least 4 members (excludes halogenated alkanes) is 1. The summed E-state index contributed by atoms with van der Waals surface area (Å²) in [7, 11) is 0. The van der Waals surface area contributed by atoms with Gasteiger partial charge in [0.2, 0.25) is 0 Å². The summed E-state index contributed by atoms with van der Waals surface area (Å²) < 4.78 is 0. The highest BCUT2D eigenvalue weighted by atomic mass is 14.0. The summed E-state index contributed by atoms with van der Waals surface area (Å²) in [6, 6.07) is 6.64. The average molecular weight is 491 g/mol. The van der Waals surface area contributed by atoms with Crippen molar-refractivity contribution in [2.75, 3.05) is 0 Å². The van der Waals surface area contributed by atoms with E-state index in [1.807, 2.05) is 55.4 Å². The van der Waals surface area contributed by atoms with E-state index < -0.39 is 0 Å². The molecule has 0 spiro atoms. The lowest BCUT2D eigenvalue weighted by atomic mass is 10.0. The van der Waals surface area contributed by atoms with Crippen molar-refractivity contribution in [1.82, 2.24) is 0 Å². The van der Waals surface area contributed by atoms with E-state index in [1.165, 1.54) is 52.7 Å². The zero-order valence-electron chi connectivity index (χ0n) is 25.4. The molecule has 0 heterocycles. The quantitative estimate of drug-likeness (QED) is 0.348. The Morgan fingerprint density at radius 2 is 1.14 bits per heavy atom. The molecular formula is C35H70. The molecule has 0 saturated carbocycles. The van der Waals surface area contributed by atoms with E-state index in [0.29, 0.717) is 0 Å². The number of benzene rings is 1. The Balaban J connectivity index is -0.0000000607. The average Bonchev–Trinajstić information content (AvgIpc) is 2.68. The molecule has 0 nitrogen and oxygen atoms in total. The molecule has 0 bridgehead atoms. The van der Waals surface area contributed by atoms with E-state index in [1.54, 1.807) is 0 Å². The van der Waals surface area contributed by atoms with Crippen molar-refractivity contribution >= 4 is 0 Å². The summed E-state index contributed by atoms with van der Waals surface area (Å²) in [5, 5.41) is 0. The highest BCUT2D eigenvalue weighted by Crippen LogP contribution is 2.12. The van der Waals surface area contributed by atoms with Gasteiger partial charge < -0.3 is 0 Å². The predicted octanol–water partition coefficient (Wildman–Crippen LogP) is 13.3. The molecule has 1 aromatic rings. The van der Waals surface area contributed by atoms with E-state index in [9.17, 15) is 0 Å². The molecule has 0 aliphatic heterocycles. The second-order valence-electron chi connectivity index (χ2n) is 8.69. The first-order valence-corrected chi connectivity index (χ1v) is 12.9. The molecule has 0 aliphatic carbocycles. The first-order valence-electron chi connectivity index (χ1n) is 12.9. The second-order valence-corrected chi connectivity index (χ2v) is 8.69. The number of allylic oxidation sites excluding steroid dienone is 5. The lowest BCUT2D eigenvalue weighted by Crippen LogP contribution is -1.88. The zero-order chi connectivity index (χ0) is 27.4. The SMILES string of the molecule is C.C.C/C=C\C(C)CCCC.C=C(C)C.C=C(C)C.C=C(C)Cc1cc(C)cc(C)c1.CC.CC. The highest BCUT2D eigenvalue weighted by molar-refractivity contribution is 5.30. The van der Waals surface area contributed by atoms with Crippen molar-refractivity contribution in [3.63, 3.8) is 0 Å². The van der Waals surface area contributed by atoms with Crippen LogP contribution < -0.4 is 0 Å². The molecule has 1 rings (SSSR count). The minimum Gasteiger partial charge on any atom is -0.100 e. The van der Waals surface area contributed by atoms with Gasteiger partial charge in [-0.25, -0.2) is 0 Å². The molecule has 0 aliphatic rings. The van der Waals surface area contributed by atoms with E-state index >= 15 is 0 Å². The maximum absolute atomic E-state index is 3.91. The summed E-state index contributed by atoms with van der Waals surface area (Å²) in [4.78, 5) is 0. The van der Waals surface area contributed by atoms with Crippen LogP contribution in [0, 0.1) is 19.8 Å². The first kappa shape index (κ1) is 50.1. The van der Waals surface area contributed by atoms with Gasteiger partial charge in [0.1, 0.15) is 0 Å². The van der Waals surface area contributed by atoms with Crippen LogP contribution in [0.15, 0.2) is 66.8 Å². The summed E-state index contributed by atoms with van der Waals surface area (Å²) >= 11 is 0. The third kappa shape index (κ3) is 65.3. The van der Waals surface area contributed by atoms with Crippen molar-refractivity contribution in [2.45, 2.75) is 137 Å². The fourth-order valence-electron chi connectivity index (χ4n) is 2.47. The largest absolute Gasteiger partial charge is 0.100 e. The summed E-state index contributed by atoms with van der Waals surface area (Å²) in [5.41, 5.74) is 7.61. The van der Waals surface area contributed by atoms with Crippen molar-refractivity contribution in [3.05, 3.63) is 83.5 Å². The van der Waals surface area contributed by atoms with Crippen molar-refractivity contribution in [2.24, 2.45) is 5.92 Å². The van der Waals surface area contributed by atoms with E-state index in [0.717, 1.165) is 12.3 Å². The zero-order valence-corrected chi connectivity index (χ0v) is 25.4. The minimum atomic E-state index is 0. The lowest BCUT2D eigenvalue weighted by molar-refractivity contribution is 0.598. The first-order chi connectivity index (χ1) is 15.3. The third-order valence-electron chi connectivity index (χ3n) is 3.32. The molecule has 0 amide bonds. The van der Waals surface area contributed by atoms with Gasteiger partial charge in [0.05, 0.1) is 0 Å². The normalized spacial score (nSPS) is 8.97. The maximum Gasteiger partial charge on any atom is -0.00724 e. The number of aryl methyl sites for hydroxylation is 2. The summed E-state index contributed by atoms with van der Waals surface area (Å²) in [5.74, 6) is 0.787. The molecule has 0 heteroatoms. The minimum absolute atomic E-state index is 0. The molecule has 1 aromatic carbocycles. The topological polar surface area (TPSA) is 0 Å². The maximum atomic E-state index is 3.91. The summed E-state index contributed by atoms with van der Waals surface area (Å²) in [6.45, 7) is 39.8. The van der Waals surface area contributed by atoms with Gasteiger partial charge in [0.25, 0.3) is 0 Å². The molecule has 0 N–H and O–H groups in total. The number of rotatable bonds is 6. The van der Waals surface area contributed by atoms with Crippen LogP contribution in [0.4, 0.5) is 0 Å². The Labute approximate surface area is 226 Å². The Kier molecular flexibility index (Phi) is 56.4. The molecule has 0 saturated heterocycles. The van der Waals surface area contributed by atoms with Crippen LogP contribution in [0.1, 0.15) is 134 Å². The van der Waals surface area contributed by atoms with Crippen LogP contribution >= 0.6 is 0 Å². The van der Waals surface area contributed by atoms with Gasteiger partial charge in [0.15, 0.2) is 0 Å².